The molecule has 4 rings (SSSR count). The molecule has 0 bridgehead atoms. The highest BCUT2D eigenvalue weighted by atomic mass is 16.5. The van der Waals surface area contributed by atoms with Gasteiger partial charge in [-0.05, 0) is 91.6 Å². The molecule has 0 amide bonds. The first kappa shape index (κ1) is 27.6. The largest absolute Gasteiger partial charge is 0.508 e. The number of benzene rings is 3. The maximum Gasteiger partial charge on any atom is 0.162 e. The summed E-state index contributed by atoms with van der Waals surface area (Å²) in [7, 11) is 5.53. The molecule has 1 aliphatic rings. The first-order valence-corrected chi connectivity index (χ1v) is 13.6. The van der Waals surface area contributed by atoms with Crippen molar-refractivity contribution in [1.82, 2.24) is 4.90 Å². The quantitative estimate of drug-likeness (QED) is 0.285. The molecule has 0 saturated heterocycles. The Bertz CT molecular complexity index is 1220. The van der Waals surface area contributed by atoms with Gasteiger partial charge in [0.25, 0.3) is 0 Å². The van der Waals surface area contributed by atoms with Crippen LogP contribution < -0.4 is 14.4 Å². The van der Waals surface area contributed by atoms with Gasteiger partial charge in [0.2, 0.25) is 0 Å². The molecular formula is C33H42N2O3. The minimum absolute atomic E-state index is 0.348. The third kappa shape index (κ3) is 6.51. The Kier molecular flexibility index (Phi) is 9.35. The van der Waals surface area contributed by atoms with E-state index in [1.807, 2.05) is 12.1 Å². The van der Waals surface area contributed by atoms with E-state index in [9.17, 15) is 5.11 Å². The second kappa shape index (κ2) is 12.9. The fourth-order valence-corrected chi connectivity index (χ4v) is 5.52. The highest BCUT2D eigenvalue weighted by Crippen LogP contribution is 2.43. The van der Waals surface area contributed by atoms with Gasteiger partial charge < -0.3 is 24.4 Å². The summed E-state index contributed by atoms with van der Waals surface area (Å²) < 4.78 is 11.4. The number of fused-ring (bicyclic) bond motifs is 1. The highest BCUT2D eigenvalue weighted by molar-refractivity contribution is 5.64. The number of rotatable bonds is 12. The standard InChI is InChI=1S/C33H42N2O3/c1-6-17-34(3)18-16-24-8-10-25(11-9-24)23-35(7-2)31-22-33(38-5)32(37-4)21-30(31)28-13-12-27-20-29(36)15-14-26(27)19-28/h6,8-11,14-15,20-22,28,36H,1,7,12-13,16-19,23H2,2-5H3/t28-/m1/s1. The molecule has 1 atom stereocenters. The number of methoxy groups -OCH3 is 2. The van der Waals surface area contributed by atoms with E-state index in [0.717, 1.165) is 63.4 Å². The third-order valence-electron chi connectivity index (χ3n) is 7.73. The van der Waals surface area contributed by atoms with Gasteiger partial charge in [-0.15, -0.1) is 6.58 Å². The number of likely N-dealkylation sites (N-methyl/N-ethyl adjacent to an activating group) is 1. The van der Waals surface area contributed by atoms with Crippen molar-refractivity contribution in [2.45, 2.75) is 45.1 Å². The Morgan fingerprint density at radius 2 is 1.68 bits per heavy atom. The van der Waals surface area contributed by atoms with Crippen LogP contribution >= 0.6 is 0 Å². The van der Waals surface area contributed by atoms with Crippen molar-refractivity contribution in [2.75, 3.05) is 45.8 Å². The van der Waals surface area contributed by atoms with E-state index in [2.05, 4.69) is 72.8 Å². The van der Waals surface area contributed by atoms with Crippen LogP contribution in [0.5, 0.6) is 17.2 Å². The van der Waals surface area contributed by atoms with E-state index in [1.54, 1.807) is 20.3 Å². The lowest BCUT2D eigenvalue weighted by Gasteiger charge is -2.32. The summed E-state index contributed by atoms with van der Waals surface area (Å²) in [6.45, 7) is 9.68. The van der Waals surface area contributed by atoms with Crippen LogP contribution in [0.3, 0.4) is 0 Å². The SMILES string of the molecule is C=CCN(C)CCc1ccc(CN(CC)c2cc(OC)c(OC)cc2[C@@H]2CCc3cc(O)ccc3C2)cc1. The third-order valence-corrected chi connectivity index (χ3v) is 7.73. The van der Waals surface area contributed by atoms with Crippen LogP contribution in [0.2, 0.25) is 0 Å². The van der Waals surface area contributed by atoms with Crippen molar-refractivity contribution < 1.29 is 14.6 Å². The van der Waals surface area contributed by atoms with E-state index < -0.39 is 0 Å². The molecule has 5 nitrogen and oxygen atoms in total. The lowest BCUT2D eigenvalue weighted by molar-refractivity contribution is 0.354. The van der Waals surface area contributed by atoms with Gasteiger partial charge >= 0.3 is 0 Å². The number of hydrogen-bond donors (Lipinski definition) is 1. The Morgan fingerprint density at radius 1 is 0.974 bits per heavy atom. The number of hydrogen-bond acceptors (Lipinski definition) is 5. The molecule has 38 heavy (non-hydrogen) atoms. The summed E-state index contributed by atoms with van der Waals surface area (Å²) in [5.74, 6) is 2.24. The van der Waals surface area contributed by atoms with Crippen molar-refractivity contribution in [3.05, 3.63) is 95.1 Å². The van der Waals surface area contributed by atoms with Gasteiger partial charge in [0.05, 0.1) is 14.2 Å². The Labute approximate surface area is 228 Å². The maximum atomic E-state index is 9.94. The molecule has 0 unspecified atom stereocenters. The van der Waals surface area contributed by atoms with Gasteiger partial charge in [-0.1, -0.05) is 36.4 Å². The van der Waals surface area contributed by atoms with Crippen LogP contribution in [0.1, 0.15) is 47.1 Å². The van der Waals surface area contributed by atoms with Crippen molar-refractivity contribution in [3.63, 3.8) is 0 Å². The molecule has 0 radical (unpaired) electrons. The molecular weight excluding hydrogens is 472 g/mol. The number of aromatic hydroxyl groups is 1. The van der Waals surface area contributed by atoms with E-state index in [1.165, 1.54) is 33.5 Å². The number of phenols is 1. The number of aryl methyl sites for hydroxylation is 1. The zero-order valence-corrected chi connectivity index (χ0v) is 23.4. The average Bonchev–Trinajstić information content (AvgIpc) is 2.94. The van der Waals surface area contributed by atoms with E-state index in [0.29, 0.717) is 11.7 Å². The normalized spacial score (nSPS) is 14.7. The minimum Gasteiger partial charge on any atom is -0.508 e. The molecule has 0 spiro atoms. The molecule has 202 valence electrons. The fraction of sp³-hybridized carbons (Fsp3) is 0.394. The summed E-state index contributed by atoms with van der Waals surface area (Å²) in [5.41, 5.74) is 7.72. The molecule has 3 aromatic rings. The number of nitrogens with zero attached hydrogens (tertiary/aromatic N) is 2. The molecule has 5 heteroatoms. The Hall–Kier alpha value is -3.44. The lowest BCUT2D eigenvalue weighted by Crippen LogP contribution is -2.25. The summed E-state index contributed by atoms with van der Waals surface area (Å²) in [6.07, 6.45) is 5.92. The van der Waals surface area contributed by atoms with Crippen LogP contribution in [0, 0.1) is 0 Å². The van der Waals surface area contributed by atoms with E-state index in [4.69, 9.17) is 9.47 Å². The van der Waals surface area contributed by atoms with E-state index >= 15 is 0 Å². The molecule has 0 fully saturated rings. The first-order valence-electron chi connectivity index (χ1n) is 13.6. The van der Waals surface area contributed by atoms with E-state index in [-0.39, 0.29) is 0 Å². The summed E-state index contributed by atoms with van der Waals surface area (Å²) in [6, 6.07) is 19.2. The predicted octanol–water partition coefficient (Wildman–Crippen LogP) is 6.37. The van der Waals surface area contributed by atoms with Crippen LogP contribution in [-0.4, -0.2) is 50.9 Å². The zero-order chi connectivity index (χ0) is 27.1. The molecule has 0 aliphatic heterocycles. The van der Waals surface area contributed by atoms with Gasteiger partial charge in [0.1, 0.15) is 5.75 Å². The van der Waals surface area contributed by atoms with Gasteiger partial charge in [-0.3, -0.25) is 0 Å². The lowest BCUT2D eigenvalue weighted by atomic mass is 9.79. The van der Waals surface area contributed by atoms with Crippen molar-refractivity contribution in [1.29, 1.82) is 0 Å². The Balaban J connectivity index is 1.59. The molecule has 1 N–H and O–H groups in total. The van der Waals surface area contributed by atoms with Crippen molar-refractivity contribution in [3.8, 4) is 17.2 Å². The summed E-state index contributed by atoms with van der Waals surface area (Å²) in [5, 5.41) is 9.94. The monoisotopic (exact) mass is 514 g/mol. The number of phenolic OH excluding ortho intramolecular Hbond substituents is 1. The molecule has 0 aromatic heterocycles. The van der Waals surface area contributed by atoms with Gasteiger partial charge in [0.15, 0.2) is 11.5 Å². The minimum atomic E-state index is 0.348. The van der Waals surface area contributed by atoms with Gasteiger partial charge in [-0.2, -0.15) is 0 Å². The number of ether oxygens (including phenoxy) is 2. The maximum absolute atomic E-state index is 9.94. The zero-order valence-electron chi connectivity index (χ0n) is 23.4. The second-order valence-corrected chi connectivity index (χ2v) is 10.3. The van der Waals surface area contributed by atoms with Crippen molar-refractivity contribution >= 4 is 5.69 Å². The highest BCUT2D eigenvalue weighted by Gasteiger charge is 2.26. The van der Waals surface area contributed by atoms with Crippen LogP contribution in [0.4, 0.5) is 5.69 Å². The van der Waals surface area contributed by atoms with Gasteiger partial charge in [-0.25, -0.2) is 0 Å². The van der Waals surface area contributed by atoms with Crippen molar-refractivity contribution in [2.24, 2.45) is 0 Å². The summed E-state index contributed by atoms with van der Waals surface area (Å²) >= 11 is 0. The van der Waals surface area contributed by atoms with Crippen LogP contribution in [-0.2, 0) is 25.8 Å². The molecule has 1 aliphatic carbocycles. The molecule has 0 saturated carbocycles. The second-order valence-electron chi connectivity index (χ2n) is 10.3. The topological polar surface area (TPSA) is 45.2 Å². The fourth-order valence-electron chi connectivity index (χ4n) is 5.52. The van der Waals surface area contributed by atoms with Crippen LogP contribution in [0.25, 0.3) is 0 Å². The first-order chi connectivity index (χ1) is 18.4. The van der Waals surface area contributed by atoms with Crippen LogP contribution in [0.15, 0.2) is 67.3 Å². The predicted molar refractivity (Wildman–Crippen MR) is 157 cm³/mol. The summed E-state index contributed by atoms with van der Waals surface area (Å²) in [4.78, 5) is 4.72. The average molecular weight is 515 g/mol. The Morgan fingerprint density at radius 3 is 2.37 bits per heavy atom. The molecule has 3 aromatic carbocycles. The molecule has 0 heterocycles. The number of anilines is 1. The van der Waals surface area contributed by atoms with Gasteiger partial charge in [0, 0.05) is 37.9 Å². The smallest absolute Gasteiger partial charge is 0.162 e.